The molecule has 1 saturated heterocycles. The number of anilines is 2. The van der Waals surface area contributed by atoms with Crippen molar-refractivity contribution >= 4 is 11.6 Å². The number of hydrogen-bond acceptors (Lipinski definition) is 5. The first kappa shape index (κ1) is 10.2. The molecule has 0 bridgehead atoms. The quantitative estimate of drug-likeness (QED) is 0.779. The highest BCUT2D eigenvalue weighted by molar-refractivity contribution is 5.41. The van der Waals surface area contributed by atoms with Crippen LogP contribution in [0.2, 0.25) is 0 Å². The van der Waals surface area contributed by atoms with Gasteiger partial charge in [-0.2, -0.15) is 0 Å². The van der Waals surface area contributed by atoms with Crippen molar-refractivity contribution < 1.29 is 4.74 Å². The zero-order chi connectivity index (χ0) is 10.7. The lowest BCUT2D eigenvalue weighted by Gasteiger charge is -2.16. The van der Waals surface area contributed by atoms with Crippen molar-refractivity contribution in [2.24, 2.45) is 0 Å². The summed E-state index contributed by atoms with van der Waals surface area (Å²) < 4.78 is 5.47. The van der Waals surface area contributed by atoms with Crippen molar-refractivity contribution in [3.63, 3.8) is 0 Å². The molecule has 0 radical (unpaired) electrons. The lowest BCUT2D eigenvalue weighted by Crippen LogP contribution is -2.27. The molecular weight excluding hydrogens is 192 g/mol. The molecular formula is C10H16N4O. The minimum Gasteiger partial charge on any atom is -0.376 e. The van der Waals surface area contributed by atoms with Crippen LogP contribution in [0.15, 0.2) is 12.4 Å². The number of aromatic nitrogens is 2. The van der Waals surface area contributed by atoms with Crippen LogP contribution in [0.4, 0.5) is 11.6 Å². The van der Waals surface area contributed by atoms with Crippen LogP contribution in [0.1, 0.15) is 13.3 Å². The Labute approximate surface area is 89.3 Å². The van der Waals surface area contributed by atoms with E-state index in [4.69, 9.17) is 4.74 Å². The van der Waals surface area contributed by atoms with E-state index in [0.29, 0.717) is 6.04 Å². The summed E-state index contributed by atoms with van der Waals surface area (Å²) in [6.07, 6.45) is 4.68. The van der Waals surface area contributed by atoms with Crippen LogP contribution in [-0.4, -0.2) is 35.8 Å². The van der Waals surface area contributed by atoms with Crippen LogP contribution in [0.5, 0.6) is 0 Å². The largest absolute Gasteiger partial charge is 0.376 e. The predicted molar refractivity (Wildman–Crippen MR) is 59.0 cm³/mol. The Kier molecular flexibility index (Phi) is 3.01. The summed E-state index contributed by atoms with van der Waals surface area (Å²) in [5.41, 5.74) is 0. The highest BCUT2D eigenvalue weighted by Gasteiger charge is 2.24. The highest BCUT2D eigenvalue weighted by atomic mass is 16.5. The topological polar surface area (TPSA) is 59.1 Å². The molecule has 0 saturated carbocycles. The van der Waals surface area contributed by atoms with Gasteiger partial charge in [0, 0.05) is 13.7 Å². The summed E-state index contributed by atoms with van der Waals surface area (Å²) in [4.78, 5) is 8.44. The van der Waals surface area contributed by atoms with Crippen LogP contribution < -0.4 is 10.6 Å². The van der Waals surface area contributed by atoms with Gasteiger partial charge in [0.15, 0.2) is 0 Å². The van der Waals surface area contributed by atoms with Crippen LogP contribution in [0.3, 0.4) is 0 Å². The molecule has 2 N–H and O–H groups in total. The summed E-state index contributed by atoms with van der Waals surface area (Å²) in [7, 11) is 1.83. The SMILES string of the molecule is CNc1cncc(NC2CCOC2C)n1. The van der Waals surface area contributed by atoms with Gasteiger partial charge in [0.1, 0.15) is 11.6 Å². The Morgan fingerprint density at radius 3 is 2.87 bits per heavy atom. The Hall–Kier alpha value is -1.36. The summed E-state index contributed by atoms with van der Waals surface area (Å²) in [5, 5.41) is 6.29. The van der Waals surface area contributed by atoms with Gasteiger partial charge in [0.2, 0.25) is 0 Å². The maximum Gasteiger partial charge on any atom is 0.147 e. The number of nitrogens with zero attached hydrogens (tertiary/aromatic N) is 2. The van der Waals surface area contributed by atoms with E-state index < -0.39 is 0 Å². The smallest absolute Gasteiger partial charge is 0.147 e. The van der Waals surface area contributed by atoms with Gasteiger partial charge >= 0.3 is 0 Å². The molecule has 0 amide bonds. The Morgan fingerprint density at radius 1 is 1.40 bits per heavy atom. The molecule has 5 heteroatoms. The normalized spacial score (nSPS) is 25.2. The fourth-order valence-electron chi connectivity index (χ4n) is 1.67. The van der Waals surface area contributed by atoms with Gasteiger partial charge in [-0.3, -0.25) is 4.98 Å². The maximum absolute atomic E-state index is 5.47. The monoisotopic (exact) mass is 208 g/mol. The van der Waals surface area contributed by atoms with Crippen molar-refractivity contribution in [3.05, 3.63) is 12.4 Å². The third-order valence-electron chi connectivity index (χ3n) is 2.60. The molecule has 1 aromatic rings. The lowest BCUT2D eigenvalue weighted by molar-refractivity contribution is 0.121. The molecule has 2 unspecified atom stereocenters. The molecule has 2 heterocycles. The second-order valence-corrected chi connectivity index (χ2v) is 3.65. The van der Waals surface area contributed by atoms with E-state index in [2.05, 4.69) is 27.5 Å². The van der Waals surface area contributed by atoms with Crippen LogP contribution in [0, 0.1) is 0 Å². The lowest BCUT2D eigenvalue weighted by atomic mass is 10.1. The number of rotatable bonds is 3. The molecule has 82 valence electrons. The van der Waals surface area contributed by atoms with Crippen molar-refractivity contribution in [3.8, 4) is 0 Å². The Bertz CT molecular complexity index is 331. The number of nitrogens with one attached hydrogen (secondary N) is 2. The Balaban J connectivity index is 2.03. The molecule has 1 aliphatic heterocycles. The summed E-state index contributed by atoms with van der Waals surface area (Å²) in [6, 6.07) is 0.339. The average molecular weight is 208 g/mol. The average Bonchev–Trinajstić information content (AvgIpc) is 2.65. The number of ether oxygens (including phenoxy) is 1. The van der Waals surface area contributed by atoms with E-state index >= 15 is 0 Å². The van der Waals surface area contributed by atoms with E-state index in [9.17, 15) is 0 Å². The van der Waals surface area contributed by atoms with Crippen LogP contribution in [-0.2, 0) is 4.74 Å². The van der Waals surface area contributed by atoms with E-state index in [-0.39, 0.29) is 6.10 Å². The highest BCUT2D eigenvalue weighted by Crippen LogP contribution is 2.17. The van der Waals surface area contributed by atoms with Gasteiger partial charge in [0.25, 0.3) is 0 Å². The van der Waals surface area contributed by atoms with Gasteiger partial charge < -0.3 is 15.4 Å². The van der Waals surface area contributed by atoms with Crippen LogP contribution in [0.25, 0.3) is 0 Å². The van der Waals surface area contributed by atoms with Gasteiger partial charge in [-0.1, -0.05) is 0 Å². The van der Waals surface area contributed by atoms with Crippen molar-refractivity contribution in [1.29, 1.82) is 0 Å². The minimum absolute atomic E-state index is 0.241. The van der Waals surface area contributed by atoms with Gasteiger partial charge in [-0.15, -0.1) is 0 Å². The van der Waals surface area contributed by atoms with E-state index in [1.54, 1.807) is 12.4 Å². The fourth-order valence-corrected chi connectivity index (χ4v) is 1.67. The number of hydrogen-bond donors (Lipinski definition) is 2. The molecule has 15 heavy (non-hydrogen) atoms. The molecule has 0 aliphatic carbocycles. The molecule has 2 atom stereocenters. The van der Waals surface area contributed by atoms with E-state index in [1.165, 1.54) is 0 Å². The van der Waals surface area contributed by atoms with Gasteiger partial charge in [0.05, 0.1) is 24.5 Å². The third kappa shape index (κ3) is 2.36. The molecule has 1 aromatic heterocycles. The maximum atomic E-state index is 5.47. The molecule has 0 aromatic carbocycles. The Morgan fingerprint density at radius 2 is 2.20 bits per heavy atom. The van der Waals surface area contributed by atoms with Crippen molar-refractivity contribution in [1.82, 2.24) is 9.97 Å². The zero-order valence-electron chi connectivity index (χ0n) is 9.03. The fraction of sp³-hybridized carbons (Fsp3) is 0.600. The summed E-state index contributed by atoms with van der Waals surface area (Å²) >= 11 is 0. The van der Waals surface area contributed by atoms with Crippen LogP contribution >= 0.6 is 0 Å². The van der Waals surface area contributed by atoms with Gasteiger partial charge in [-0.05, 0) is 13.3 Å². The molecule has 1 fully saturated rings. The second-order valence-electron chi connectivity index (χ2n) is 3.65. The third-order valence-corrected chi connectivity index (χ3v) is 2.60. The molecule has 5 nitrogen and oxygen atoms in total. The molecule has 2 rings (SSSR count). The molecule has 1 aliphatic rings. The second kappa shape index (κ2) is 4.44. The van der Waals surface area contributed by atoms with Gasteiger partial charge in [-0.25, -0.2) is 4.98 Å². The minimum atomic E-state index is 0.241. The summed E-state index contributed by atoms with van der Waals surface area (Å²) in [5.74, 6) is 1.57. The van der Waals surface area contributed by atoms with Crippen molar-refractivity contribution in [2.45, 2.75) is 25.5 Å². The standard InChI is InChI=1S/C10H16N4O/c1-7-8(3-4-15-7)13-10-6-12-5-9(11-2)14-10/h5-8H,3-4H2,1-2H3,(H2,11,13,14). The summed E-state index contributed by atoms with van der Waals surface area (Å²) in [6.45, 7) is 2.89. The van der Waals surface area contributed by atoms with E-state index in [1.807, 2.05) is 7.05 Å². The van der Waals surface area contributed by atoms with E-state index in [0.717, 1.165) is 24.7 Å². The first-order valence-electron chi connectivity index (χ1n) is 5.17. The predicted octanol–water partition coefficient (Wildman–Crippen LogP) is 1.11. The molecule has 0 spiro atoms. The van der Waals surface area contributed by atoms with Crippen molar-refractivity contribution in [2.75, 3.05) is 24.3 Å². The first-order chi connectivity index (χ1) is 7.29. The zero-order valence-corrected chi connectivity index (χ0v) is 9.03. The first-order valence-corrected chi connectivity index (χ1v) is 5.17.